The maximum Gasteiger partial charge on any atom is 0.270 e. The van der Waals surface area contributed by atoms with Crippen LogP contribution in [-0.4, -0.2) is 36.4 Å². The Morgan fingerprint density at radius 3 is 2.77 bits per heavy atom. The summed E-state index contributed by atoms with van der Waals surface area (Å²) in [7, 11) is 3.89. The molecule has 2 rings (SSSR count). The molecule has 1 atom stereocenters. The van der Waals surface area contributed by atoms with Gasteiger partial charge in [-0.3, -0.25) is 14.9 Å². The van der Waals surface area contributed by atoms with Crippen molar-refractivity contribution in [3.63, 3.8) is 0 Å². The fraction of sp³-hybridized carbons (Fsp3) is 0.267. The van der Waals surface area contributed by atoms with Gasteiger partial charge in [-0.1, -0.05) is 6.07 Å². The SMILES string of the molecule is CN(C)C(CNC(=O)c1cccc([N+](=O)[O-])c1)c1ccsc1. The number of nitrogens with zero attached hydrogens (tertiary/aromatic N) is 2. The number of carbonyl (C=O) groups is 1. The molecule has 1 heterocycles. The van der Waals surface area contributed by atoms with Crippen molar-refractivity contribution in [2.75, 3.05) is 20.6 Å². The first-order valence-corrected chi connectivity index (χ1v) is 7.64. The quantitative estimate of drug-likeness (QED) is 0.656. The number of likely N-dealkylation sites (N-methyl/N-ethyl adjacent to an activating group) is 1. The lowest BCUT2D eigenvalue weighted by atomic mass is 10.1. The fourth-order valence-electron chi connectivity index (χ4n) is 2.12. The first-order chi connectivity index (χ1) is 10.5. The van der Waals surface area contributed by atoms with Crippen molar-refractivity contribution < 1.29 is 9.72 Å². The molecular formula is C15H17N3O3S. The number of hydrogen-bond acceptors (Lipinski definition) is 5. The van der Waals surface area contributed by atoms with E-state index in [1.807, 2.05) is 35.8 Å². The number of benzene rings is 1. The van der Waals surface area contributed by atoms with E-state index in [4.69, 9.17) is 0 Å². The minimum Gasteiger partial charge on any atom is -0.350 e. The highest BCUT2D eigenvalue weighted by Gasteiger charge is 2.17. The highest BCUT2D eigenvalue weighted by Crippen LogP contribution is 2.20. The van der Waals surface area contributed by atoms with Gasteiger partial charge in [-0.15, -0.1) is 0 Å². The molecule has 22 heavy (non-hydrogen) atoms. The van der Waals surface area contributed by atoms with Crippen molar-refractivity contribution in [3.8, 4) is 0 Å². The number of carbonyl (C=O) groups excluding carboxylic acids is 1. The zero-order valence-electron chi connectivity index (χ0n) is 12.4. The number of amides is 1. The Labute approximate surface area is 132 Å². The zero-order valence-corrected chi connectivity index (χ0v) is 13.2. The average molecular weight is 319 g/mol. The smallest absolute Gasteiger partial charge is 0.270 e. The Kier molecular flexibility index (Phi) is 5.24. The predicted molar refractivity (Wildman–Crippen MR) is 86.2 cm³/mol. The lowest BCUT2D eigenvalue weighted by Crippen LogP contribution is -2.34. The Morgan fingerprint density at radius 1 is 1.41 bits per heavy atom. The van der Waals surface area contributed by atoms with Crippen molar-refractivity contribution in [2.24, 2.45) is 0 Å². The minimum atomic E-state index is -0.509. The molecule has 1 N–H and O–H groups in total. The van der Waals surface area contributed by atoms with Crippen molar-refractivity contribution in [2.45, 2.75) is 6.04 Å². The lowest BCUT2D eigenvalue weighted by Gasteiger charge is -2.24. The summed E-state index contributed by atoms with van der Waals surface area (Å²) < 4.78 is 0. The van der Waals surface area contributed by atoms with Gasteiger partial charge in [-0.2, -0.15) is 11.3 Å². The maximum absolute atomic E-state index is 12.2. The summed E-state index contributed by atoms with van der Waals surface area (Å²) in [5.41, 5.74) is 1.33. The van der Waals surface area contributed by atoms with E-state index in [9.17, 15) is 14.9 Å². The van der Waals surface area contributed by atoms with E-state index < -0.39 is 4.92 Å². The minimum absolute atomic E-state index is 0.0638. The second-order valence-electron chi connectivity index (χ2n) is 5.05. The Balaban J connectivity index is 2.05. The van der Waals surface area contributed by atoms with Crippen LogP contribution in [0.3, 0.4) is 0 Å². The van der Waals surface area contributed by atoms with Crippen molar-refractivity contribution in [1.82, 2.24) is 10.2 Å². The Hall–Kier alpha value is -2.25. The standard InChI is InChI=1S/C15H17N3O3S/c1-17(2)14(12-6-7-22-10-12)9-16-15(19)11-4-3-5-13(8-11)18(20)21/h3-8,10,14H,9H2,1-2H3,(H,16,19). The summed E-state index contributed by atoms with van der Waals surface area (Å²) in [5, 5.41) is 17.6. The van der Waals surface area contributed by atoms with Crippen LogP contribution in [0.5, 0.6) is 0 Å². The third-order valence-corrected chi connectivity index (χ3v) is 4.03. The number of nitro benzene ring substituents is 1. The van der Waals surface area contributed by atoms with Gasteiger partial charge in [0.1, 0.15) is 0 Å². The molecule has 0 aliphatic heterocycles. The van der Waals surface area contributed by atoms with Gasteiger partial charge in [0.15, 0.2) is 0 Å². The van der Waals surface area contributed by atoms with Gasteiger partial charge in [0.05, 0.1) is 11.0 Å². The zero-order chi connectivity index (χ0) is 16.1. The number of nitrogens with one attached hydrogen (secondary N) is 1. The highest BCUT2D eigenvalue weighted by atomic mass is 32.1. The van der Waals surface area contributed by atoms with Gasteiger partial charge in [0.25, 0.3) is 11.6 Å². The molecule has 0 radical (unpaired) electrons. The molecule has 0 aliphatic carbocycles. The van der Waals surface area contributed by atoms with Gasteiger partial charge >= 0.3 is 0 Å². The summed E-state index contributed by atoms with van der Waals surface area (Å²) in [6.45, 7) is 0.436. The van der Waals surface area contributed by atoms with Crippen LogP contribution in [0.25, 0.3) is 0 Å². The molecule has 7 heteroatoms. The molecular weight excluding hydrogens is 302 g/mol. The molecule has 6 nitrogen and oxygen atoms in total. The van der Waals surface area contributed by atoms with Crippen LogP contribution >= 0.6 is 11.3 Å². The third-order valence-electron chi connectivity index (χ3n) is 3.33. The molecule has 0 saturated heterocycles. The molecule has 0 saturated carbocycles. The van der Waals surface area contributed by atoms with E-state index in [2.05, 4.69) is 5.32 Å². The monoisotopic (exact) mass is 319 g/mol. The normalized spacial score (nSPS) is 12.1. The largest absolute Gasteiger partial charge is 0.350 e. The number of rotatable bonds is 6. The first kappa shape index (κ1) is 16.1. The summed E-state index contributed by atoms with van der Waals surface area (Å²) in [6, 6.07) is 7.81. The second-order valence-corrected chi connectivity index (χ2v) is 5.83. The van der Waals surface area contributed by atoms with Crippen LogP contribution < -0.4 is 5.32 Å². The molecule has 116 valence electrons. The van der Waals surface area contributed by atoms with Gasteiger partial charge in [-0.05, 0) is 42.6 Å². The van der Waals surface area contributed by atoms with E-state index >= 15 is 0 Å². The fourth-order valence-corrected chi connectivity index (χ4v) is 2.82. The van der Waals surface area contributed by atoms with Gasteiger partial charge in [0, 0.05) is 24.2 Å². The van der Waals surface area contributed by atoms with E-state index in [-0.39, 0.29) is 23.2 Å². The first-order valence-electron chi connectivity index (χ1n) is 6.70. The van der Waals surface area contributed by atoms with E-state index in [0.717, 1.165) is 5.56 Å². The van der Waals surface area contributed by atoms with Crippen LogP contribution in [0.2, 0.25) is 0 Å². The summed E-state index contributed by atoms with van der Waals surface area (Å²) in [6.07, 6.45) is 0. The highest BCUT2D eigenvalue weighted by molar-refractivity contribution is 7.07. The van der Waals surface area contributed by atoms with Gasteiger partial charge in [-0.25, -0.2) is 0 Å². The number of thiophene rings is 1. The van der Waals surface area contributed by atoms with Crippen LogP contribution in [0.15, 0.2) is 41.1 Å². The predicted octanol–water partition coefficient (Wildman–Crippen LogP) is 2.69. The Bertz CT molecular complexity index is 656. The number of nitro groups is 1. The third kappa shape index (κ3) is 3.90. The van der Waals surface area contributed by atoms with Crippen molar-refractivity contribution >= 4 is 22.9 Å². The average Bonchev–Trinajstić information content (AvgIpc) is 3.01. The second kappa shape index (κ2) is 7.15. The summed E-state index contributed by atoms with van der Waals surface area (Å²) in [4.78, 5) is 24.4. The topological polar surface area (TPSA) is 75.5 Å². The molecule has 1 aromatic heterocycles. The lowest BCUT2D eigenvalue weighted by molar-refractivity contribution is -0.384. The van der Waals surface area contributed by atoms with E-state index in [1.165, 1.54) is 18.2 Å². The molecule has 1 amide bonds. The van der Waals surface area contributed by atoms with Gasteiger partial charge < -0.3 is 10.2 Å². The summed E-state index contributed by atoms with van der Waals surface area (Å²) in [5.74, 6) is -0.314. The Morgan fingerprint density at radius 2 is 2.18 bits per heavy atom. The van der Waals surface area contributed by atoms with E-state index in [0.29, 0.717) is 6.54 Å². The van der Waals surface area contributed by atoms with Gasteiger partial charge in [0.2, 0.25) is 0 Å². The van der Waals surface area contributed by atoms with Crippen LogP contribution in [-0.2, 0) is 0 Å². The van der Waals surface area contributed by atoms with Crippen LogP contribution in [0.1, 0.15) is 22.0 Å². The van der Waals surface area contributed by atoms with E-state index in [1.54, 1.807) is 17.4 Å². The molecule has 1 unspecified atom stereocenters. The molecule has 0 spiro atoms. The molecule has 0 aliphatic rings. The van der Waals surface area contributed by atoms with Crippen molar-refractivity contribution in [3.05, 3.63) is 62.3 Å². The molecule has 0 fully saturated rings. The van der Waals surface area contributed by atoms with Crippen molar-refractivity contribution in [1.29, 1.82) is 0 Å². The molecule has 2 aromatic rings. The number of non-ortho nitro benzene ring substituents is 1. The molecule has 0 bridgehead atoms. The maximum atomic E-state index is 12.2. The molecule has 1 aromatic carbocycles. The van der Waals surface area contributed by atoms with Crippen LogP contribution in [0.4, 0.5) is 5.69 Å². The summed E-state index contributed by atoms with van der Waals surface area (Å²) >= 11 is 1.61. The number of hydrogen-bond donors (Lipinski definition) is 1. The van der Waals surface area contributed by atoms with Crippen LogP contribution in [0, 0.1) is 10.1 Å².